The molecule has 1 heterocycles. The van der Waals surface area contributed by atoms with Gasteiger partial charge in [-0.1, -0.05) is 12.1 Å². The normalized spacial score (nSPS) is 10.3. The molecule has 1 aromatic heterocycles. The molecule has 0 radical (unpaired) electrons. The minimum atomic E-state index is -0.521. The van der Waals surface area contributed by atoms with Gasteiger partial charge in [0.25, 0.3) is 0 Å². The van der Waals surface area contributed by atoms with E-state index in [0.717, 1.165) is 11.6 Å². The molecule has 0 fully saturated rings. The molecular weight excluding hydrogens is 321 g/mol. The Hall–Kier alpha value is -3.40. The van der Waals surface area contributed by atoms with Crippen LogP contribution in [0.15, 0.2) is 42.5 Å². The number of halogens is 1. The molecule has 0 saturated carbocycles. The van der Waals surface area contributed by atoms with Crippen LogP contribution in [0.2, 0.25) is 0 Å². The summed E-state index contributed by atoms with van der Waals surface area (Å²) in [7, 11) is 1.87. The Morgan fingerprint density at radius 1 is 1.20 bits per heavy atom. The molecule has 7 heteroatoms. The number of nitrogens with zero attached hydrogens (tertiary/aromatic N) is 4. The number of aryl methyl sites for hydroxylation is 1. The number of para-hydroxylation sites is 1. The SMILES string of the molecule is Cc1nnc(CNc2ccc(Oc3ccccc3C#N)c(F)c2)n1C. The second-order valence-electron chi connectivity index (χ2n) is 5.43. The molecule has 1 N–H and O–H groups in total. The fraction of sp³-hybridized carbons (Fsp3) is 0.167. The third-order valence-electron chi connectivity index (χ3n) is 3.79. The summed E-state index contributed by atoms with van der Waals surface area (Å²) in [4.78, 5) is 0. The molecule has 126 valence electrons. The van der Waals surface area contributed by atoms with Crippen molar-refractivity contribution in [2.75, 3.05) is 5.32 Å². The van der Waals surface area contributed by atoms with Crippen LogP contribution < -0.4 is 10.1 Å². The van der Waals surface area contributed by atoms with E-state index in [0.29, 0.717) is 23.5 Å². The highest BCUT2D eigenvalue weighted by Gasteiger charge is 2.10. The smallest absolute Gasteiger partial charge is 0.167 e. The second kappa shape index (κ2) is 7.01. The minimum Gasteiger partial charge on any atom is -0.453 e. The second-order valence-corrected chi connectivity index (χ2v) is 5.43. The third kappa shape index (κ3) is 3.58. The standard InChI is InChI=1S/C18H16FN5O/c1-12-22-23-18(24(12)2)11-21-14-7-8-17(15(19)9-14)25-16-6-4-3-5-13(16)10-20/h3-9,21H,11H2,1-2H3. The Balaban J connectivity index is 1.72. The van der Waals surface area contributed by atoms with E-state index in [2.05, 4.69) is 15.5 Å². The lowest BCUT2D eigenvalue weighted by Gasteiger charge is -2.10. The average molecular weight is 337 g/mol. The monoisotopic (exact) mass is 337 g/mol. The predicted octanol–water partition coefficient (Wildman–Crippen LogP) is 3.54. The zero-order valence-corrected chi connectivity index (χ0v) is 13.8. The Kier molecular flexibility index (Phi) is 4.61. The van der Waals surface area contributed by atoms with Gasteiger partial charge in [0.1, 0.15) is 17.6 Å². The van der Waals surface area contributed by atoms with Gasteiger partial charge in [0, 0.05) is 18.8 Å². The van der Waals surface area contributed by atoms with Crippen LogP contribution in [0.5, 0.6) is 11.5 Å². The largest absolute Gasteiger partial charge is 0.453 e. The van der Waals surface area contributed by atoms with E-state index in [1.54, 1.807) is 30.3 Å². The minimum absolute atomic E-state index is 0.0581. The summed E-state index contributed by atoms with van der Waals surface area (Å²) in [6, 6.07) is 13.3. The fourth-order valence-electron chi connectivity index (χ4n) is 2.25. The average Bonchev–Trinajstić information content (AvgIpc) is 2.94. The van der Waals surface area contributed by atoms with Crippen LogP contribution in [-0.4, -0.2) is 14.8 Å². The number of nitrogens with one attached hydrogen (secondary N) is 1. The van der Waals surface area contributed by atoms with Crippen molar-refractivity contribution in [3.8, 4) is 17.6 Å². The summed E-state index contributed by atoms with van der Waals surface area (Å²) < 4.78 is 21.7. The maximum Gasteiger partial charge on any atom is 0.167 e. The van der Waals surface area contributed by atoms with Gasteiger partial charge in [-0.25, -0.2) is 4.39 Å². The predicted molar refractivity (Wildman–Crippen MR) is 90.7 cm³/mol. The van der Waals surface area contributed by atoms with Crippen LogP contribution in [0, 0.1) is 24.1 Å². The van der Waals surface area contributed by atoms with Crippen molar-refractivity contribution in [3.05, 3.63) is 65.5 Å². The Labute approximate surface area is 144 Å². The number of benzene rings is 2. The number of anilines is 1. The maximum atomic E-state index is 14.3. The van der Waals surface area contributed by atoms with Gasteiger partial charge in [-0.05, 0) is 31.2 Å². The number of hydrogen-bond acceptors (Lipinski definition) is 5. The highest BCUT2D eigenvalue weighted by Crippen LogP contribution is 2.28. The Morgan fingerprint density at radius 2 is 2.00 bits per heavy atom. The van der Waals surface area contributed by atoms with Crippen molar-refractivity contribution in [3.63, 3.8) is 0 Å². The summed E-state index contributed by atoms with van der Waals surface area (Å²) in [5.74, 6) is 1.41. The summed E-state index contributed by atoms with van der Waals surface area (Å²) in [5, 5.41) is 20.2. The first-order chi connectivity index (χ1) is 12.1. The molecule has 0 saturated heterocycles. The topological polar surface area (TPSA) is 75.8 Å². The van der Waals surface area contributed by atoms with Crippen LogP contribution in [-0.2, 0) is 13.6 Å². The number of rotatable bonds is 5. The summed E-state index contributed by atoms with van der Waals surface area (Å²) in [6.07, 6.45) is 0. The van der Waals surface area contributed by atoms with Crippen LogP contribution in [0.3, 0.4) is 0 Å². The van der Waals surface area contributed by atoms with Gasteiger partial charge in [-0.15, -0.1) is 10.2 Å². The molecule has 25 heavy (non-hydrogen) atoms. The van der Waals surface area contributed by atoms with E-state index in [-0.39, 0.29) is 5.75 Å². The summed E-state index contributed by atoms with van der Waals surface area (Å²) >= 11 is 0. The van der Waals surface area contributed by atoms with E-state index < -0.39 is 5.82 Å². The van der Waals surface area contributed by atoms with Crippen molar-refractivity contribution in [2.24, 2.45) is 7.05 Å². The van der Waals surface area contributed by atoms with Crippen LogP contribution in [0.25, 0.3) is 0 Å². The first-order valence-corrected chi connectivity index (χ1v) is 7.63. The summed E-state index contributed by atoms with van der Waals surface area (Å²) in [5.41, 5.74) is 0.945. The van der Waals surface area contributed by atoms with Gasteiger partial charge < -0.3 is 14.6 Å². The van der Waals surface area contributed by atoms with Crippen molar-refractivity contribution < 1.29 is 9.13 Å². The van der Waals surface area contributed by atoms with Crippen LogP contribution in [0.4, 0.5) is 10.1 Å². The first-order valence-electron chi connectivity index (χ1n) is 7.63. The van der Waals surface area contributed by atoms with Crippen molar-refractivity contribution in [2.45, 2.75) is 13.5 Å². The molecule has 0 atom stereocenters. The number of hydrogen-bond donors (Lipinski definition) is 1. The van der Waals surface area contributed by atoms with Crippen molar-refractivity contribution in [1.82, 2.24) is 14.8 Å². The van der Waals surface area contributed by atoms with Crippen molar-refractivity contribution >= 4 is 5.69 Å². The molecule has 0 amide bonds. The van der Waals surface area contributed by atoms with Gasteiger partial charge in [0.05, 0.1) is 12.1 Å². The highest BCUT2D eigenvalue weighted by atomic mass is 19.1. The van der Waals surface area contributed by atoms with E-state index in [1.165, 1.54) is 12.1 Å². The highest BCUT2D eigenvalue weighted by molar-refractivity contribution is 5.50. The molecule has 0 aliphatic heterocycles. The van der Waals surface area contributed by atoms with E-state index in [9.17, 15) is 4.39 Å². The molecule has 0 spiro atoms. The van der Waals surface area contributed by atoms with Gasteiger partial charge >= 0.3 is 0 Å². The fourth-order valence-corrected chi connectivity index (χ4v) is 2.25. The molecule has 0 aliphatic rings. The third-order valence-corrected chi connectivity index (χ3v) is 3.79. The molecular formula is C18H16FN5O. The van der Waals surface area contributed by atoms with E-state index in [4.69, 9.17) is 10.00 Å². The lowest BCUT2D eigenvalue weighted by molar-refractivity contribution is 0.441. The first kappa shape index (κ1) is 16.5. The molecule has 0 aliphatic carbocycles. The molecule has 6 nitrogen and oxygen atoms in total. The quantitative estimate of drug-likeness (QED) is 0.771. The zero-order valence-electron chi connectivity index (χ0n) is 13.8. The Morgan fingerprint density at radius 3 is 2.68 bits per heavy atom. The van der Waals surface area contributed by atoms with Crippen LogP contribution >= 0.6 is 0 Å². The molecule has 0 bridgehead atoms. The van der Waals surface area contributed by atoms with E-state index in [1.807, 2.05) is 24.6 Å². The Bertz CT molecular complexity index is 945. The molecule has 3 aromatic rings. The molecule has 3 rings (SSSR count). The number of nitriles is 1. The molecule has 0 unspecified atom stereocenters. The lowest BCUT2D eigenvalue weighted by Crippen LogP contribution is -2.07. The van der Waals surface area contributed by atoms with Gasteiger partial charge in [-0.3, -0.25) is 0 Å². The lowest BCUT2D eigenvalue weighted by atomic mass is 10.2. The summed E-state index contributed by atoms with van der Waals surface area (Å²) in [6.45, 7) is 2.29. The van der Waals surface area contributed by atoms with Gasteiger partial charge in [-0.2, -0.15) is 5.26 Å². The van der Waals surface area contributed by atoms with E-state index >= 15 is 0 Å². The van der Waals surface area contributed by atoms with Gasteiger partial charge in [0.15, 0.2) is 17.4 Å². The number of ether oxygens (including phenoxy) is 1. The van der Waals surface area contributed by atoms with Crippen LogP contribution in [0.1, 0.15) is 17.2 Å². The van der Waals surface area contributed by atoms with Gasteiger partial charge in [0.2, 0.25) is 0 Å². The van der Waals surface area contributed by atoms with Crippen molar-refractivity contribution in [1.29, 1.82) is 5.26 Å². The zero-order chi connectivity index (χ0) is 17.8. The molecule has 2 aromatic carbocycles. The maximum absolute atomic E-state index is 14.3. The number of aromatic nitrogens is 3.